The summed E-state index contributed by atoms with van der Waals surface area (Å²) < 4.78 is 28.0. The van der Waals surface area contributed by atoms with E-state index in [1.807, 2.05) is 11.5 Å². The second kappa shape index (κ2) is 4.17. The largest absolute Gasteiger partial charge is 0.330 e. The zero-order valence-electron chi connectivity index (χ0n) is 9.00. The molecule has 2 rings (SSSR count). The third-order valence-electron chi connectivity index (χ3n) is 2.57. The van der Waals surface area contributed by atoms with E-state index in [0.29, 0.717) is 24.1 Å². The van der Waals surface area contributed by atoms with Crippen molar-refractivity contribution in [2.75, 3.05) is 6.54 Å². The van der Waals surface area contributed by atoms with Crippen molar-refractivity contribution in [3.63, 3.8) is 0 Å². The van der Waals surface area contributed by atoms with Crippen LogP contribution in [0, 0.1) is 18.6 Å². The van der Waals surface area contributed by atoms with Crippen LogP contribution in [0.2, 0.25) is 0 Å². The van der Waals surface area contributed by atoms with Crippen molar-refractivity contribution in [2.45, 2.75) is 19.9 Å². The highest BCUT2D eigenvalue weighted by Gasteiger charge is 2.11. The molecule has 0 amide bonds. The molecule has 5 heteroatoms. The van der Waals surface area contributed by atoms with Gasteiger partial charge in [-0.3, -0.25) is 0 Å². The smallest absolute Gasteiger partial charge is 0.161 e. The second-order valence-electron chi connectivity index (χ2n) is 3.71. The summed E-state index contributed by atoms with van der Waals surface area (Å²) in [5.41, 5.74) is 6.52. The van der Waals surface area contributed by atoms with E-state index in [1.54, 1.807) is 0 Å². The van der Waals surface area contributed by atoms with Crippen molar-refractivity contribution in [1.29, 1.82) is 0 Å². The summed E-state index contributed by atoms with van der Waals surface area (Å²) in [5.74, 6) is -0.967. The van der Waals surface area contributed by atoms with Gasteiger partial charge in [0.1, 0.15) is 5.82 Å². The van der Waals surface area contributed by atoms with Gasteiger partial charge in [0, 0.05) is 18.7 Å². The first kappa shape index (κ1) is 11.0. The summed E-state index contributed by atoms with van der Waals surface area (Å²) in [6, 6.07) is 2.30. The number of nitrogens with two attached hydrogens (primary N) is 1. The molecule has 0 unspecified atom stereocenters. The highest BCUT2D eigenvalue weighted by Crippen LogP contribution is 2.19. The fraction of sp³-hybridized carbons (Fsp3) is 0.364. The van der Waals surface area contributed by atoms with Gasteiger partial charge in [0.25, 0.3) is 0 Å². The number of hydrogen-bond acceptors (Lipinski definition) is 2. The van der Waals surface area contributed by atoms with Crippen LogP contribution in [0.3, 0.4) is 0 Å². The van der Waals surface area contributed by atoms with Crippen molar-refractivity contribution in [3.05, 3.63) is 29.6 Å². The summed E-state index contributed by atoms with van der Waals surface area (Å²) in [7, 11) is 0. The van der Waals surface area contributed by atoms with Crippen LogP contribution in [-0.2, 0) is 6.54 Å². The molecule has 0 saturated carbocycles. The molecule has 0 radical (unpaired) electrons. The Kier molecular flexibility index (Phi) is 2.87. The van der Waals surface area contributed by atoms with E-state index >= 15 is 0 Å². The number of rotatable bonds is 3. The van der Waals surface area contributed by atoms with E-state index in [1.165, 1.54) is 6.07 Å². The van der Waals surface area contributed by atoms with Crippen molar-refractivity contribution >= 4 is 11.0 Å². The molecule has 0 fully saturated rings. The van der Waals surface area contributed by atoms with Crippen molar-refractivity contribution < 1.29 is 8.78 Å². The third kappa shape index (κ3) is 1.78. The summed E-state index contributed by atoms with van der Waals surface area (Å²) >= 11 is 0. The molecule has 86 valence electrons. The molecule has 0 aliphatic carbocycles. The Morgan fingerprint density at radius 1 is 1.31 bits per heavy atom. The molecule has 0 aliphatic heterocycles. The predicted molar refractivity (Wildman–Crippen MR) is 58.1 cm³/mol. The number of benzene rings is 1. The number of nitrogens with zero attached hydrogens (tertiary/aromatic N) is 2. The molecular formula is C11H13F2N3. The Bertz CT molecular complexity index is 519. The summed E-state index contributed by atoms with van der Waals surface area (Å²) in [4.78, 5) is 4.18. The quantitative estimate of drug-likeness (QED) is 0.867. The van der Waals surface area contributed by atoms with Gasteiger partial charge < -0.3 is 10.3 Å². The molecular weight excluding hydrogens is 212 g/mol. The summed E-state index contributed by atoms with van der Waals surface area (Å²) in [6.07, 6.45) is 0.783. The lowest BCUT2D eigenvalue weighted by Gasteiger charge is -2.05. The molecule has 0 aliphatic rings. The maximum absolute atomic E-state index is 13.1. The minimum absolute atomic E-state index is 0.480. The zero-order valence-corrected chi connectivity index (χ0v) is 9.00. The van der Waals surface area contributed by atoms with Gasteiger partial charge in [-0.25, -0.2) is 13.8 Å². The van der Waals surface area contributed by atoms with Gasteiger partial charge in [-0.1, -0.05) is 0 Å². The van der Waals surface area contributed by atoms with E-state index in [-0.39, 0.29) is 0 Å². The van der Waals surface area contributed by atoms with Crippen LogP contribution in [0.15, 0.2) is 12.1 Å². The molecule has 0 atom stereocenters. The maximum atomic E-state index is 13.1. The number of imidazole rings is 1. The summed E-state index contributed by atoms with van der Waals surface area (Å²) in [5, 5.41) is 0. The van der Waals surface area contributed by atoms with E-state index in [0.717, 1.165) is 18.3 Å². The van der Waals surface area contributed by atoms with Crippen LogP contribution in [0.1, 0.15) is 12.2 Å². The number of hydrogen-bond donors (Lipinski definition) is 1. The lowest BCUT2D eigenvalue weighted by molar-refractivity contribution is 0.510. The second-order valence-corrected chi connectivity index (χ2v) is 3.71. The standard InChI is InChI=1S/C11H13F2N3/c1-7-15-10-5-8(12)9(13)6-11(10)16(7)4-2-3-14/h5-6H,2-4,14H2,1H3. The molecule has 16 heavy (non-hydrogen) atoms. The Hall–Kier alpha value is -1.49. The molecule has 1 heterocycles. The summed E-state index contributed by atoms with van der Waals surface area (Å²) in [6.45, 7) is 3.04. The van der Waals surface area contributed by atoms with E-state index < -0.39 is 11.6 Å². The first-order valence-corrected chi connectivity index (χ1v) is 5.15. The van der Waals surface area contributed by atoms with Gasteiger partial charge in [0.2, 0.25) is 0 Å². The molecule has 3 nitrogen and oxygen atoms in total. The van der Waals surface area contributed by atoms with Gasteiger partial charge in [0.15, 0.2) is 11.6 Å². The number of aryl methyl sites for hydroxylation is 2. The molecule has 0 saturated heterocycles. The van der Waals surface area contributed by atoms with Crippen molar-refractivity contribution in [3.8, 4) is 0 Å². The molecule has 2 N–H and O–H groups in total. The van der Waals surface area contributed by atoms with Gasteiger partial charge in [0.05, 0.1) is 11.0 Å². The minimum Gasteiger partial charge on any atom is -0.330 e. The lowest BCUT2D eigenvalue weighted by Crippen LogP contribution is -2.07. The predicted octanol–water partition coefficient (Wildman–Crippen LogP) is 1.97. The van der Waals surface area contributed by atoms with Gasteiger partial charge in [-0.15, -0.1) is 0 Å². The number of fused-ring (bicyclic) bond motifs is 1. The van der Waals surface area contributed by atoms with E-state index in [4.69, 9.17) is 5.73 Å². The highest BCUT2D eigenvalue weighted by atomic mass is 19.2. The lowest BCUT2D eigenvalue weighted by atomic mass is 10.3. The fourth-order valence-corrected chi connectivity index (χ4v) is 1.77. The van der Waals surface area contributed by atoms with Gasteiger partial charge in [-0.05, 0) is 19.9 Å². The average molecular weight is 225 g/mol. The van der Waals surface area contributed by atoms with Crippen LogP contribution in [0.5, 0.6) is 0 Å². The normalized spacial score (nSPS) is 11.2. The molecule has 0 spiro atoms. The van der Waals surface area contributed by atoms with Crippen LogP contribution in [0.4, 0.5) is 8.78 Å². The third-order valence-corrected chi connectivity index (χ3v) is 2.57. The number of halogens is 2. The van der Waals surface area contributed by atoms with E-state index in [9.17, 15) is 8.78 Å². The van der Waals surface area contributed by atoms with Crippen molar-refractivity contribution in [1.82, 2.24) is 9.55 Å². The Morgan fingerprint density at radius 3 is 2.69 bits per heavy atom. The fourth-order valence-electron chi connectivity index (χ4n) is 1.77. The first-order valence-electron chi connectivity index (χ1n) is 5.15. The maximum Gasteiger partial charge on any atom is 0.161 e. The Balaban J connectivity index is 2.55. The number of aromatic nitrogens is 2. The highest BCUT2D eigenvalue weighted by molar-refractivity contribution is 5.76. The van der Waals surface area contributed by atoms with Crippen molar-refractivity contribution in [2.24, 2.45) is 5.73 Å². The molecule has 1 aromatic heterocycles. The van der Waals surface area contributed by atoms with Gasteiger partial charge >= 0.3 is 0 Å². The first-order chi connectivity index (χ1) is 7.63. The van der Waals surface area contributed by atoms with Crippen LogP contribution < -0.4 is 5.73 Å². The topological polar surface area (TPSA) is 43.8 Å². The Morgan fingerprint density at radius 2 is 2.00 bits per heavy atom. The molecule has 2 aromatic rings. The zero-order chi connectivity index (χ0) is 11.7. The average Bonchev–Trinajstić information content (AvgIpc) is 2.52. The van der Waals surface area contributed by atoms with Crippen LogP contribution in [0.25, 0.3) is 11.0 Å². The van der Waals surface area contributed by atoms with Crippen LogP contribution >= 0.6 is 0 Å². The van der Waals surface area contributed by atoms with Crippen LogP contribution in [-0.4, -0.2) is 16.1 Å². The van der Waals surface area contributed by atoms with E-state index in [2.05, 4.69) is 4.98 Å². The molecule has 0 bridgehead atoms. The molecule has 1 aromatic carbocycles. The minimum atomic E-state index is -0.865. The SMILES string of the molecule is Cc1nc2cc(F)c(F)cc2n1CCCN. The monoisotopic (exact) mass is 225 g/mol. The van der Waals surface area contributed by atoms with Gasteiger partial charge in [-0.2, -0.15) is 0 Å². The Labute approximate surface area is 91.9 Å².